The molecule has 1 N–H and O–H groups in total. The molecule has 8 nitrogen and oxygen atoms in total. The van der Waals surface area contributed by atoms with Crippen LogP contribution in [0.3, 0.4) is 0 Å². The molecule has 0 atom stereocenters. The molecule has 43 heavy (non-hydrogen) atoms. The van der Waals surface area contributed by atoms with Gasteiger partial charge in [-0.15, -0.1) is 0 Å². The van der Waals surface area contributed by atoms with Gasteiger partial charge < -0.3 is 19.5 Å². The van der Waals surface area contributed by atoms with Gasteiger partial charge in [0, 0.05) is 37.1 Å². The lowest BCUT2D eigenvalue weighted by molar-refractivity contribution is 0.0361. The Hall–Kier alpha value is -3.10. The van der Waals surface area contributed by atoms with Gasteiger partial charge in [0.2, 0.25) is 0 Å². The predicted molar refractivity (Wildman–Crippen MR) is 174 cm³/mol. The van der Waals surface area contributed by atoms with E-state index in [9.17, 15) is 4.79 Å². The zero-order valence-electron chi connectivity index (χ0n) is 27.4. The SMILES string of the molecule is CCC(C)(C)c1ccc(OCCCCNC(=O)c2nn(CCN3CCOCC3)c3c(OC)cccc23)c(C(C)(C)CC)c1. The number of unbranched alkanes of at least 4 members (excludes halogenated alkanes) is 1. The van der Waals surface area contributed by atoms with Crippen molar-refractivity contribution in [2.45, 2.75) is 84.6 Å². The van der Waals surface area contributed by atoms with Crippen molar-refractivity contribution in [1.82, 2.24) is 20.0 Å². The first-order valence-electron chi connectivity index (χ1n) is 16.0. The molecule has 4 rings (SSSR count). The number of aromatic nitrogens is 2. The van der Waals surface area contributed by atoms with Gasteiger partial charge in [-0.1, -0.05) is 65.8 Å². The zero-order valence-corrected chi connectivity index (χ0v) is 27.4. The van der Waals surface area contributed by atoms with E-state index < -0.39 is 0 Å². The van der Waals surface area contributed by atoms with Gasteiger partial charge in [0.15, 0.2) is 5.69 Å². The Labute approximate surface area is 258 Å². The first-order valence-corrected chi connectivity index (χ1v) is 16.0. The first kappa shape index (κ1) is 32.8. The molecule has 0 unspecified atom stereocenters. The highest BCUT2D eigenvalue weighted by atomic mass is 16.5. The molecule has 1 fully saturated rings. The Morgan fingerprint density at radius 1 is 0.977 bits per heavy atom. The number of hydrogen-bond donors (Lipinski definition) is 1. The number of ether oxygens (including phenoxy) is 3. The molecule has 0 radical (unpaired) electrons. The number of nitrogens with zero attached hydrogens (tertiary/aromatic N) is 3. The number of methoxy groups -OCH3 is 1. The summed E-state index contributed by atoms with van der Waals surface area (Å²) in [6, 6.07) is 12.5. The average molecular weight is 593 g/mol. The maximum absolute atomic E-state index is 13.3. The van der Waals surface area contributed by atoms with Crippen molar-refractivity contribution in [3.8, 4) is 11.5 Å². The molecule has 1 aliphatic heterocycles. The summed E-state index contributed by atoms with van der Waals surface area (Å²) in [6.07, 6.45) is 3.78. The summed E-state index contributed by atoms with van der Waals surface area (Å²) in [4.78, 5) is 15.6. The molecular weight excluding hydrogens is 540 g/mol. The average Bonchev–Trinajstić information content (AvgIpc) is 3.41. The second-order valence-corrected chi connectivity index (χ2v) is 12.9. The van der Waals surface area contributed by atoms with Gasteiger partial charge in [-0.05, 0) is 54.2 Å². The number of hydrogen-bond acceptors (Lipinski definition) is 6. The molecule has 1 aliphatic rings. The van der Waals surface area contributed by atoms with Gasteiger partial charge in [-0.25, -0.2) is 0 Å². The number of benzene rings is 2. The van der Waals surface area contributed by atoms with Gasteiger partial charge >= 0.3 is 0 Å². The summed E-state index contributed by atoms with van der Waals surface area (Å²) >= 11 is 0. The summed E-state index contributed by atoms with van der Waals surface area (Å²) in [5.41, 5.74) is 4.08. The van der Waals surface area contributed by atoms with E-state index in [4.69, 9.17) is 19.3 Å². The van der Waals surface area contributed by atoms with Gasteiger partial charge in [0.25, 0.3) is 5.91 Å². The number of para-hydroxylation sites is 1. The zero-order chi connectivity index (χ0) is 31.0. The minimum absolute atomic E-state index is 0.0280. The van der Waals surface area contributed by atoms with E-state index >= 15 is 0 Å². The minimum atomic E-state index is -0.162. The lowest BCUT2D eigenvalue weighted by Gasteiger charge is -2.30. The van der Waals surface area contributed by atoms with Crippen LogP contribution in [0.4, 0.5) is 0 Å². The lowest BCUT2D eigenvalue weighted by Crippen LogP contribution is -2.38. The fraction of sp³-hybridized carbons (Fsp3) is 0.600. The van der Waals surface area contributed by atoms with Crippen LogP contribution in [0.2, 0.25) is 0 Å². The van der Waals surface area contributed by atoms with Crippen molar-refractivity contribution < 1.29 is 19.0 Å². The van der Waals surface area contributed by atoms with Crippen molar-refractivity contribution in [2.75, 3.05) is 53.1 Å². The van der Waals surface area contributed by atoms with E-state index in [0.29, 0.717) is 25.4 Å². The van der Waals surface area contributed by atoms with Crippen LogP contribution in [0.15, 0.2) is 36.4 Å². The number of carbonyl (C=O) groups excluding carboxylic acids is 1. The summed E-state index contributed by atoms with van der Waals surface area (Å²) in [5, 5.41) is 8.64. The van der Waals surface area contributed by atoms with Crippen LogP contribution in [0, 0.1) is 0 Å². The summed E-state index contributed by atoms with van der Waals surface area (Å²) in [7, 11) is 1.66. The van der Waals surface area contributed by atoms with Gasteiger partial charge in [0.05, 0.1) is 33.5 Å². The third-order valence-corrected chi connectivity index (χ3v) is 9.27. The maximum atomic E-state index is 13.3. The Kier molecular flexibility index (Phi) is 11.1. The molecule has 2 aromatic carbocycles. The smallest absolute Gasteiger partial charge is 0.272 e. The Morgan fingerprint density at radius 2 is 1.72 bits per heavy atom. The molecule has 0 spiro atoms. The lowest BCUT2D eigenvalue weighted by atomic mass is 9.76. The normalized spacial score (nSPS) is 14.7. The molecule has 1 amide bonds. The first-order chi connectivity index (χ1) is 20.6. The topological polar surface area (TPSA) is 77.9 Å². The second kappa shape index (κ2) is 14.6. The summed E-state index contributed by atoms with van der Waals surface area (Å²) in [5.74, 6) is 1.53. The molecule has 1 aromatic heterocycles. The molecule has 0 saturated carbocycles. The molecule has 3 aromatic rings. The van der Waals surface area contributed by atoms with E-state index in [0.717, 1.165) is 80.9 Å². The van der Waals surface area contributed by atoms with Crippen LogP contribution in [-0.2, 0) is 22.1 Å². The van der Waals surface area contributed by atoms with Gasteiger partial charge in [0.1, 0.15) is 17.0 Å². The quantitative estimate of drug-likeness (QED) is 0.208. The number of nitrogens with one attached hydrogen (secondary N) is 1. The maximum Gasteiger partial charge on any atom is 0.272 e. The second-order valence-electron chi connectivity index (χ2n) is 12.9. The van der Waals surface area contributed by atoms with E-state index in [1.54, 1.807) is 7.11 Å². The molecular formula is C35H52N4O4. The van der Waals surface area contributed by atoms with Crippen molar-refractivity contribution in [3.05, 3.63) is 53.2 Å². The van der Waals surface area contributed by atoms with Crippen LogP contribution < -0.4 is 14.8 Å². The van der Waals surface area contributed by atoms with Crippen LogP contribution in [-0.4, -0.2) is 73.7 Å². The van der Waals surface area contributed by atoms with E-state index in [2.05, 4.69) is 70.0 Å². The highest BCUT2D eigenvalue weighted by Crippen LogP contribution is 2.38. The number of rotatable bonds is 15. The van der Waals surface area contributed by atoms with Crippen LogP contribution in [0.1, 0.15) is 88.8 Å². The largest absolute Gasteiger partial charge is 0.494 e. The number of carbonyl (C=O) groups is 1. The molecule has 1 saturated heterocycles. The third-order valence-electron chi connectivity index (χ3n) is 9.27. The highest BCUT2D eigenvalue weighted by molar-refractivity contribution is 6.06. The van der Waals surface area contributed by atoms with Crippen LogP contribution in [0.5, 0.6) is 11.5 Å². The standard InChI is InChI=1S/C35H52N4O4/c1-8-34(3,4)26-15-16-29(28(25-26)35(5,6)9-2)43-22-11-10-17-36-33(40)31-27-13-12-14-30(41-7)32(27)39(37-31)19-18-38-20-23-42-24-21-38/h12-16,25H,8-11,17-24H2,1-7H3,(H,36,40). The predicted octanol–water partition coefficient (Wildman–Crippen LogP) is 6.34. The molecule has 0 aliphatic carbocycles. The van der Waals surface area contributed by atoms with Crippen molar-refractivity contribution in [2.24, 2.45) is 0 Å². The fourth-order valence-corrected chi connectivity index (χ4v) is 5.45. The number of morpholine rings is 1. The third kappa shape index (κ3) is 7.90. The van der Waals surface area contributed by atoms with Crippen LogP contribution in [0.25, 0.3) is 10.9 Å². The molecule has 236 valence electrons. The monoisotopic (exact) mass is 592 g/mol. The fourth-order valence-electron chi connectivity index (χ4n) is 5.45. The Balaban J connectivity index is 1.35. The molecule has 8 heteroatoms. The number of fused-ring (bicyclic) bond motifs is 1. The van der Waals surface area contributed by atoms with E-state index in [1.807, 2.05) is 22.9 Å². The highest BCUT2D eigenvalue weighted by Gasteiger charge is 2.27. The summed E-state index contributed by atoms with van der Waals surface area (Å²) in [6.45, 7) is 19.7. The van der Waals surface area contributed by atoms with Crippen molar-refractivity contribution in [3.63, 3.8) is 0 Å². The molecule has 2 heterocycles. The Morgan fingerprint density at radius 3 is 2.42 bits per heavy atom. The van der Waals surface area contributed by atoms with E-state index in [1.165, 1.54) is 11.1 Å². The Bertz CT molecular complexity index is 1360. The summed E-state index contributed by atoms with van der Waals surface area (Å²) < 4.78 is 19.4. The number of amides is 1. The van der Waals surface area contributed by atoms with Gasteiger partial charge in [-0.2, -0.15) is 5.10 Å². The van der Waals surface area contributed by atoms with Crippen LogP contribution >= 0.6 is 0 Å². The minimum Gasteiger partial charge on any atom is -0.494 e. The van der Waals surface area contributed by atoms with E-state index in [-0.39, 0.29) is 16.7 Å². The van der Waals surface area contributed by atoms with Crippen molar-refractivity contribution in [1.29, 1.82) is 0 Å². The van der Waals surface area contributed by atoms with Crippen molar-refractivity contribution >= 4 is 16.8 Å². The van der Waals surface area contributed by atoms with Gasteiger partial charge in [-0.3, -0.25) is 14.4 Å². The molecule has 0 bridgehead atoms.